The number of urea groups is 1. The number of aromatic nitrogens is 2. The van der Waals surface area contributed by atoms with Crippen molar-refractivity contribution in [3.8, 4) is 0 Å². The maximum atomic E-state index is 12.2. The first-order chi connectivity index (χ1) is 10.5. The molecule has 1 aliphatic heterocycles. The minimum atomic E-state index is -0.337. The highest BCUT2D eigenvalue weighted by Crippen LogP contribution is 2.12. The van der Waals surface area contributed by atoms with Crippen molar-refractivity contribution in [3.63, 3.8) is 0 Å². The highest BCUT2D eigenvalue weighted by atomic mass is 16.2. The van der Waals surface area contributed by atoms with E-state index in [1.807, 2.05) is 13.8 Å². The minimum Gasteiger partial charge on any atom is -0.337 e. The van der Waals surface area contributed by atoms with Gasteiger partial charge in [-0.25, -0.2) is 9.89 Å². The summed E-state index contributed by atoms with van der Waals surface area (Å²) in [6.07, 6.45) is 1.39. The molecule has 2 rings (SSSR count). The Morgan fingerprint density at radius 2 is 2.00 bits per heavy atom. The molecule has 22 heavy (non-hydrogen) atoms. The Bertz CT molecular complexity index is 570. The van der Waals surface area contributed by atoms with Crippen LogP contribution in [0.1, 0.15) is 37.2 Å². The lowest BCUT2D eigenvalue weighted by Crippen LogP contribution is -2.50. The largest absolute Gasteiger partial charge is 0.337 e. The third-order valence-electron chi connectivity index (χ3n) is 3.44. The summed E-state index contributed by atoms with van der Waals surface area (Å²) in [5, 5.41) is 11.7. The number of hydrogen-bond donors (Lipinski definition) is 3. The van der Waals surface area contributed by atoms with Gasteiger partial charge in [-0.05, 0) is 32.8 Å². The molecular formula is C14H21N5O3. The number of carbonyl (C=O) groups is 2. The summed E-state index contributed by atoms with van der Waals surface area (Å²) in [7, 11) is 0. The standard InChI is InChI=1S/C14H21N5O3/c1-9(2)15-14(22)16-10-5-7-19(8-6-10)13(21)11-3-4-12(20)18-17-11/h3-4,9-10H,5-8H2,1-2H3,(H,18,20)(H2,15,16,22). The van der Waals surface area contributed by atoms with Gasteiger partial charge in [0.1, 0.15) is 5.69 Å². The summed E-state index contributed by atoms with van der Waals surface area (Å²) in [5.74, 6) is -0.207. The number of nitrogens with zero attached hydrogens (tertiary/aromatic N) is 2. The lowest BCUT2D eigenvalue weighted by molar-refractivity contribution is 0.0701. The van der Waals surface area contributed by atoms with Crippen LogP contribution in [-0.2, 0) is 0 Å². The van der Waals surface area contributed by atoms with E-state index in [2.05, 4.69) is 20.8 Å². The smallest absolute Gasteiger partial charge is 0.315 e. The van der Waals surface area contributed by atoms with Crippen LogP contribution in [0.2, 0.25) is 0 Å². The molecule has 1 aromatic rings. The monoisotopic (exact) mass is 307 g/mol. The SMILES string of the molecule is CC(C)NC(=O)NC1CCN(C(=O)c2ccc(=O)[nH]n2)CC1. The van der Waals surface area contributed by atoms with E-state index in [0.717, 1.165) is 0 Å². The molecule has 8 nitrogen and oxygen atoms in total. The van der Waals surface area contributed by atoms with Gasteiger partial charge in [0.15, 0.2) is 0 Å². The van der Waals surface area contributed by atoms with Gasteiger partial charge >= 0.3 is 6.03 Å². The maximum Gasteiger partial charge on any atom is 0.315 e. The van der Waals surface area contributed by atoms with E-state index in [1.165, 1.54) is 12.1 Å². The second-order valence-corrected chi connectivity index (χ2v) is 5.65. The van der Waals surface area contributed by atoms with Gasteiger partial charge in [0.25, 0.3) is 11.5 Å². The zero-order chi connectivity index (χ0) is 16.1. The molecule has 2 heterocycles. The van der Waals surface area contributed by atoms with Gasteiger partial charge < -0.3 is 15.5 Å². The third kappa shape index (κ3) is 4.31. The molecule has 3 amide bonds. The fourth-order valence-electron chi connectivity index (χ4n) is 2.34. The van der Waals surface area contributed by atoms with E-state index in [1.54, 1.807) is 4.90 Å². The maximum absolute atomic E-state index is 12.2. The van der Waals surface area contributed by atoms with Crippen LogP contribution < -0.4 is 16.2 Å². The fraction of sp³-hybridized carbons (Fsp3) is 0.571. The predicted octanol–water partition coefficient (Wildman–Crippen LogP) is 0.0821. The number of piperidine rings is 1. The van der Waals surface area contributed by atoms with E-state index in [0.29, 0.717) is 25.9 Å². The van der Waals surface area contributed by atoms with Crippen LogP contribution in [-0.4, -0.2) is 52.2 Å². The molecule has 1 aliphatic rings. The third-order valence-corrected chi connectivity index (χ3v) is 3.44. The van der Waals surface area contributed by atoms with Crippen LogP contribution in [0.5, 0.6) is 0 Å². The summed E-state index contributed by atoms with van der Waals surface area (Å²) in [6, 6.07) is 2.67. The lowest BCUT2D eigenvalue weighted by atomic mass is 10.0. The van der Waals surface area contributed by atoms with Gasteiger partial charge in [-0.2, -0.15) is 5.10 Å². The van der Waals surface area contributed by atoms with Gasteiger partial charge in [-0.15, -0.1) is 0 Å². The van der Waals surface area contributed by atoms with Crippen LogP contribution in [0.25, 0.3) is 0 Å². The topological polar surface area (TPSA) is 107 Å². The molecule has 120 valence electrons. The Kier molecular flexibility index (Phi) is 5.13. The summed E-state index contributed by atoms with van der Waals surface area (Å²) in [6.45, 7) is 4.90. The Morgan fingerprint density at radius 1 is 1.32 bits per heavy atom. The van der Waals surface area contributed by atoms with Crippen LogP contribution >= 0.6 is 0 Å². The Morgan fingerprint density at radius 3 is 2.55 bits per heavy atom. The number of likely N-dealkylation sites (tertiary alicyclic amines) is 1. The van der Waals surface area contributed by atoms with Crippen molar-refractivity contribution in [2.75, 3.05) is 13.1 Å². The Balaban J connectivity index is 1.84. The first kappa shape index (κ1) is 16.0. The molecule has 1 saturated heterocycles. The Labute approximate surface area is 128 Å². The number of aromatic amines is 1. The van der Waals surface area contributed by atoms with Crippen LogP contribution in [0.3, 0.4) is 0 Å². The number of carbonyl (C=O) groups excluding carboxylic acids is 2. The van der Waals surface area contributed by atoms with Crippen LogP contribution in [0.4, 0.5) is 4.79 Å². The van der Waals surface area contributed by atoms with E-state index in [4.69, 9.17) is 0 Å². The zero-order valence-corrected chi connectivity index (χ0v) is 12.8. The van der Waals surface area contributed by atoms with E-state index >= 15 is 0 Å². The van der Waals surface area contributed by atoms with Crippen molar-refractivity contribution >= 4 is 11.9 Å². The highest BCUT2D eigenvalue weighted by Gasteiger charge is 2.25. The van der Waals surface area contributed by atoms with E-state index in [-0.39, 0.29) is 35.3 Å². The molecule has 0 bridgehead atoms. The van der Waals surface area contributed by atoms with Crippen LogP contribution in [0.15, 0.2) is 16.9 Å². The van der Waals surface area contributed by atoms with Gasteiger partial charge in [0, 0.05) is 31.2 Å². The van der Waals surface area contributed by atoms with Gasteiger partial charge in [0.05, 0.1) is 0 Å². The van der Waals surface area contributed by atoms with Crippen molar-refractivity contribution in [1.29, 1.82) is 0 Å². The second-order valence-electron chi connectivity index (χ2n) is 5.65. The molecule has 0 saturated carbocycles. The average Bonchev–Trinajstić information content (AvgIpc) is 2.47. The second kappa shape index (κ2) is 7.06. The summed E-state index contributed by atoms with van der Waals surface area (Å²) in [5.41, 5.74) is -0.112. The van der Waals surface area contributed by atoms with Crippen molar-refractivity contribution in [3.05, 3.63) is 28.2 Å². The molecule has 0 atom stereocenters. The lowest BCUT2D eigenvalue weighted by Gasteiger charge is -2.32. The number of rotatable bonds is 3. The molecule has 8 heteroatoms. The minimum absolute atomic E-state index is 0.0614. The zero-order valence-electron chi connectivity index (χ0n) is 12.8. The van der Waals surface area contributed by atoms with Crippen molar-refractivity contribution in [2.45, 2.75) is 38.8 Å². The molecule has 0 unspecified atom stereocenters. The molecule has 1 aromatic heterocycles. The molecule has 0 spiro atoms. The molecule has 0 aromatic carbocycles. The molecule has 0 aliphatic carbocycles. The van der Waals surface area contributed by atoms with Gasteiger partial charge in [-0.3, -0.25) is 9.59 Å². The quantitative estimate of drug-likeness (QED) is 0.735. The van der Waals surface area contributed by atoms with Crippen LogP contribution in [0, 0.1) is 0 Å². The van der Waals surface area contributed by atoms with E-state index in [9.17, 15) is 14.4 Å². The normalized spacial score (nSPS) is 15.7. The first-order valence-corrected chi connectivity index (χ1v) is 7.37. The van der Waals surface area contributed by atoms with Gasteiger partial charge in [-0.1, -0.05) is 0 Å². The van der Waals surface area contributed by atoms with E-state index < -0.39 is 0 Å². The number of nitrogens with one attached hydrogen (secondary N) is 3. The highest BCUT2D eigenvalue weighted by molar-refractivity contribution is 5.92. The fourth-order valence-corrected chi connectivity index (χ4v) is 2.34. The molecule has 3 N–H and O–H groups in total. The Hall–Kier alpha value is -2.38. The summed E-state index contributed by atoms with van der Waals surface area (Å²) < 4.78 is 0. The summed E-state index contributed by atoms with van der Waals surface area (Å²) in [4.78, 5) is 36.5. The summed E-state index contributed by atoms with van der Waals surface area (Å²) >= 11 is 0. The van der Waals surface area contributed by atoms with Crippen molar-refractivity contribution < 1.29 is 9.59 Å². The molecule has 1 fully saturated rings. The molecular weight excluding hydrogens is 286 g/mol. The number of H-pyrrole nitrogens is 1. The van der Waals surface area contributed by atoms with Crippen molar-refractivity contribution in [1.82, 2.24) is 25.7 Å². The number of amides is 3. The average molecular weight is 307 g/mol. The first-order valence-electron chi connectivity index (χ1n) is 7.37. The predicted molar refractivity (Wildman–Crippen MR) is 80.6 cm³/mol. The van der Waals surface area contributed by atoms with Gasteiger partial charge in [0.2, 0.25) is 0 Å². The van der Waals surface area contributed by atoms with Crippen molar-refractivity contribution in [2.24, 2.45) is 0 Å². The molecule has 0 radical (unpaired) electrons. The number of hydrogen-bond acceptors (Lipinski definition) is 4.